The molecule has 1 aliphatic carbocycles. The van der Waals surface area contributed by atoms with Gasteiger partial charge in [0.2, 0.25) is 0 Å². The number of nitrogens with zero attached hydrogens (tertiary/aromatic N) is 1. The third-order valence-corrected chi connectivity index (χ3v) is 4.64. The van der Waals surface area contributed by atoms with E-state index in [4.69, 9.17) is 9.47 Å². The molecule has 0 aromatic heterocycles. The molecule has 0 spiro atoms. The fourth-order valence-corrected chi connectivity index (χ4v) is 3.48. The standard InChI is InChI=1S/C18H21NO4/c1-22-17(20)16-11-14-9-5-6-10-15(14)19(16)18(21)23-12-13-7-3-2-4-8-13/h2-8,14-16H,9-12H2,1H3/t14-,15-,16+/m1/s1. The Morgan fingerprint density at radius 1 is 1.17 bits per heavy atom. The number of rotatable bonds is 3. The lowest BCUT2D eigenvalue weighted by atomic mass is 9.89. The summed E-state index contributed by atoms with van der Waals surface area (Å²) in [7, 11) is 1.36. The van der Waals surface area contributed by atoms with Crippen LogP contribution in [0.3, 0.4) is 0 Å². The van der Waals surface area contributed by atoms with Crippen molar-refractivity contribution in [2.24, 2.45) is 5.92 Å². The first-order chi connectivity index (χ1) is 11.2. The van der Waals surface area contributed by atoms with E-state index < -0.39 is 12.1 Å². The molecule has 122 valence electrons. The van der Waals surface area contributed by atoms with E-state index in [0.29, 0.717) is 12.3 Å². The van der Waals surface area contributed by atoms with E-state index in [1.807, 2.05) is 30.3 Å². The summed E-state index contributed by atoms with van der Waals surface area (Å²) in [6.07, 6.45) is 6.04. The molecule has 0 bridgehead atoms. The molecule has 1 aliphatic heterocycles. The zero-order valence-electron chi connectivity index (χ0n) is 13.2. The van der Waals surface area contributed by atoms with E-state index in [1.165, 1.54) is 7.11 Å². The van der Waals surface area contributed by atoms with Gasteiger partial charge >= 0.3 is 12.1 Å². The third-order valence-electron chi connectivity index (χ3n) is 4.64. The van der Waals surface area contributed by atoms with Crippen LogP contribution in [0.2, 0.25) is 0 Å². The van der Waals surface area contributed by atoms with Crippen LogP contribution in [0.15, 0.2) is 42.5 Å². The van der Waals surface area contributed by atoms with Gasteiger partial charge in [0.1, 0.15) is 12.6 Å². The zero-order valence-corrected chi connectivity index (χ0v) is 13.2. The molecule has 1 heterocycles. The topological polar surface area (TPSA) is 55.8 Å². The molecule has 0 saturated carbocycles. The molecule has 23 heavy (non-hydrogen) atoms. The quantitative estimate of drug-likeness (QED) is 0.636. The number of methoxy groups -OCH3 is 1. The molecule has 1 fully saturated rings. The zero-order chi connectivity index (χ0) is 16.2. The number of amides is 1. The first-order valence-corrected chi connectivity index (χ1v) is 7.92. The lowest BCUT2D eigenvalue weighted by molar-refractivity contribution is -0.145. The summed E-state index contributed by atoms with van der Waals surface area (Å²) >= 11 is 0. The first-order valence-electron chi connectivity index (χ1n) is 7.92. The number of benzene rings is 1. The SMILES string of the molecule is COC(=O)[C@@H]1C[C@H]2CC=CC[C@H]2N1C(=O)OCc1ccccc1. The number of fused-ring (bicyclic) bond motifs is 1. The van der Waals surface area contributed by atoms with Crippen LogP contribution < -0.4 is 0 Å². The summed E-state index contributed by atoms with van der Waals surface area (Å²) in [6.45, 7) is 0.206. The number of hydrogen-bond acceptors (Lipinski definition) is 4. The van der Waals surface area contributed by atoms with Crippen molar-refractivity contribution in [1.29, 1.82) is 0 Å². The van der Waals surface area contributed by atoms with Crippen LogP contribution in [0.5, 0.6) is 0 Å². The summed E-state index contributed by atoms with van der Waals surface area (Å²) in [6, 6.07) is 9.00. The largest absolute Gasteiger partial charge is 0.467 e. The summed E-state index contributed by atoms with van der Waals surface area (Å²) in [5.41, 5.74) is 0.926. The van der Waals surface area contributed by atoms with Crippen LogP contribution in [0, 0.1) is 5.92 Å². The molecule has 1 amide bonds. The van der Waals surface area contributed by atoms with Gasteiger partial charge in [-0.05, 0) is 30.7 Å². The minimum atomic E-state index is -0.543. The van der Waals surface area contributed by atoms with Crippen LogP contribution >= 0.6 is 0 Å². The molecule has 5 nitrogen and oxygen atoms in total. The van der Waals surface area contributed by atoms with Gasteiger partial charge in [0.25, 0.3) is 0 Å². The van der Waals surface area contributed by atoms with Gasteiger partial charge < -0.3 is 9.47 Å². The second-order valence-electron chi connectivity index (χ2n) is 5.99. The second kappa shape index (κ2) is 6.86. The number of allylic oxidation sites excluding steroid dienone is 1. The van der Waals surface area contributed by atoms with Gasteiger partial charge in [0, 0.05) is 6.04 Å². The average molecular weight is 315 g/mol. The van der Waals surface area contributed by atoms with Gasteiger partial charge in [-0.3, -0.25) is 4.90 Å². The van der Waals surface area contributed by atoms with E-state index in [-0.39, 0.29) is 18.6 Å². The highest BCUT2D eigenvalue weighted by molar-refractivity contribution is 5.82. The van der Waals surface area contributed by atoms with E-state index in [0.717, 1.165) is 18.4 Å². The number of hydrogen-bond donors (Lipinski definition) is 0. The van der Waals surface area contributed by atoms with Crippen LogP contribution in [0.25, 0.3) is 0 Å². The molecule has 0 unspecified atom stereocenters. The lowest BCUT2D eigenvalue weighted by Gasteiger charge is -2.30. The van der Waals surface area contributed by atoms with Crippen molar-refractivity contribution in [3.05, 3.63) is 48.0 Å². The van der Waals surface area contributed by atoms with Crippen LogP contribution in [0.1, 0.15) is 24.8 Å². The predicted molar refractivity (Wildman–Crippen MR) is 84.5 cm³/mol. The minimum Gasteiger partial charge on any atom is -0.467 e. The first kappa shape index (κ1) is 15.6. The Morgan fingerprint density at radius 2 is 1.91 bits per heavy atom. The van der Waals surface area contributed by atoms with Crippen LogP contribution in [-0.2, 0) is 20.9 Å². The molecule has 1 saturated heterocycles. The second-order valence-corrected chi connectivity index (χ2v) is 5.99. The molecule has 0 N–H and O–H groups in total. The molecular formula is C18H21NO4. The number of carbonyl (C=O) groups is 2. The number of ether oxygens (including phenoxy) is 2. The van der Waals surface area contributed by atoms with Crippen LogP contribution in [0.4, 0.5) is 4.79 Å². The van der Waals surface area contributed by atoms with Crippen molar-refractivity contribution in [3.8, 4) is 0 Å². The normalized spacial score (nSPS) is 25.8. The highest BCUT2D eigenvalue weighted by Crippen LogP contribution is 2.38. The predicted octanol–water partition coefficient (Wildman–Crippen LogP) is 2.91. The Kier molecular flexibility index (Phi) is 4.65. The summed E-state index contributed by atoms with van der Waals surface area (Å²) in [5.74, 6) is -0.0653. The summed E-state index contributed by atoms with van der Waals surface area (Å²) in [4.78, 5) is 26.2. The maximum atomic E-state index is 12.6. The average Bonchev–Trinajstić information content (AvgIpc) is 2.99. The van der Waals surface area contributed by atoms with E-state index in [1.54, 1.807) is 4.90 Å². The fourth-order valence-electron chi connectivity index (χ4n) is 3.48. The van der Waals surface area contributed by atoms with Gasteiger partial charge in [-0.25, -0.2) is 9.59 Å². The van der Waals surface area contributed by atoms with Gasteiger partial charge in [0.15, 0.2) is 0 Å². The Morgan fingerprint density at radius 3 is 2.65 bits per heavy atom. The monoisotopic (exact) mass is 315 g/mol. The summed E-state index contributed by atoms with van der Waals surface area (Å²) in [5, 5.41) is 0. The van der Waals surface area contributed by atoms with E-state index in [2.05, 4.69) is 12.2 Å². The maximum absolute atomic E-state index is 12.6. The Hall–Kier alpha value is -2.30. The van der Waals surface area contributed by atoms with Crippen molar-refractivity contribution < 1.29 is 19.1 Å². The van der Waals surface area contributed by atoms with Gasteiger partial charge in [-0.2, -0.15) is 0 Å². The maximum Gasteiger partial charge on any atom is 0.411 e. The summed E-state index contributed by atoms with van der Waals surface area (Å²) < 4.78 is 10.3. The van der Waals surface area contributed by atoms with E-state index in [9.17, 15) is 9.59 Å². The molecule has 2 aliphatic rings. The van der Waals surface area contributed by atoms with Gasteiger partial charge in [0.05, 0.1) is 7.11 Å². The fraction of sp³-hybridized carbons (Fsp3) is 0.444. The smallest absolute Gasteiger partial charge is 0.411 e. The lowest BCUT2D eigenvalue weighted by Crippen LogP contribution is -2.46. The van der Waals surface area contributed by atoms with Gasteiger partial charge in [-0.1, -0.05) is 42.5 Å². The number of esters is 1. The third kappa shape index (κ3) is 3.23. The minimum absolute atomic E-state index is 0.0207. The van der Waals surface area contributed by atoms with Crippen LogP contribution in [-0.4, -0.2) is 36.2 Å². The van der Waals surface area contributed by atoms with Crippen molar-refractivity contribution in [1.82, 2.24) is 4.90 Å². The molecule has 5 heteroatoms. The number of likely N-dealkylation sites (tertiary alicyclic amines) is 1. The molecule has 1 aromatic carbocycles. The van der Waals surface area contributed by atoms with E-state index >= 15 is 0 Å². The van der Waals surface area contributed by atoms with Crippen molar-refractivity contribution >= 4 is 12.1 Å². The van der Waals surface area contributed by atoms with Crippen molar-refractivity contribution in [2.45, 2.75) is 38.0 Å². The van der Waals surface area contributed by atoms with Crippen molar-refractivity contribution in [3.63, 3.8) is 0 Å². The Bertz CT molecular complexity index is 598. The number of carbonyl (C=O) groups excluding carboxylic acids is 2. The molecule has 3 atom stereocenters. The molecular weight excluding hydrogens is 294 g/mol. The van der Waals surface area contributed by atoms with Crippen molar-refractivity contribution in [2.75, 3.05) is 7.11 Å². The Labute approximate surface area is 135 Å². The highest BCUT2D eigenvalue weighted by Gasteiger charge is 2.48. The van der Waals surface area contributed by atoms with Gasteiger partial charge in [-0.15, -0.1) is 0 Å². The molecule has 1 aromatic rings. The highest BCUT2D eigenvalue weighted by atomic mass is 16.6. The Balaban J connectivity index is 1.72. The molecule has 3 rings (SSSR count). The molecule has 0 radical (unpaired) electrons.